The minimum absolute atomic E-state index is 0.0752. The van der Waals surface area contributed by atoms with Crippen LogP contribution in [0, 0.1) is 0 Å². The number of aliphatic hydroxyl groups excluding tert-OH is 1. The molecule has 0 spiro atoms. The first-order valence-electron chi connectivity index (χ1n) is 7.62. The SMILES string of the molecule is O=C(c1ccccc1)c1ccccc1C1CCCC(O)C1. The molecule has 21 heavy (non-hydrogen) atoms. The first-order valence-corrected chi connectivity index (χ1v) is 7.62. The molecule has 0 aliphatic heterocycles. The molecule has 2 atom stereocenters. The van der Waals surface area contributed by atoms with E-state index in [4.69, 9.17) is 0 Å². The lowest BCUT2D eigenvalue weighted by Crippen LogP contribution is -2.20. The molecule has 3 rings (SSSR count). The van der Waals surface area contributed by atoms with Gasteiger partial charge in [-0.25, -0.2) is 0 Å². The molecule has 0 aromatic heterocycles. The summed E-state index contributed by atoms with van der Waals surface area (Å²) >= 11 is 0. The fourth-order valence-corrected chi connectivity index (χ4v) is 3.25. The Morgan fingerprint density at radius 2 is 1.67 bits per heavy atom. The van der Waals surface area contributed by atoms with Crippen LogP contribution >= 0.6 is 0 Å². The topological polar surface area (TPSA) is 37.3 Å². The van der Waals surface area contributed by atoms with Crippen molar-refractivity contribution >= 4 is 5.78 Å². The Labute approximate surface area is 125 Å². The van der Waals surface area contributed by atoms with E-state index in [0.717, 1.165) is 42.4 Å². The van der Waals surface area contributed by atoms with Gasteiger partial charge in [-0.1, -0.05) is 61.0 Å². The minimum atomic E-state index is -0.233. The van der Waals surface area contributed by atoms with Gasteiger partial charge in [0.05, 0.1) is 6.10 Å². The molecule has 1 aliphatic rings. The highest BCUT2D eigenvalue weighted by atomic mass is 16.3. The van der Waals surface area contributed by atoms with Gasteiger partial charge >= 0.3 is 0 Å². The van der Waals surface area contributed by atoms with Gasteiger partial charge in [0.25, 0.3) is 0 Å². The molecule has 0 heterocycles. The molecule has 0 radical (unpaired) electrons. The standard InChI is InChI=1S/C19H20O2/c20-16-10-6-9-15(13-16)17-11-4-5-12-18(17)19(21)14-7-2-1-3-8-14/h1-5,7-8,11-12,15-16,20H,6,9-10,13H2. The summed E-state index contributed by atoms with van der Waals surface area (Å²) < 4.78 is 0. The zero-order chi connectivity index (χ0) is 14.7. The molecule has 2 unspecified atom stereocenters. The van der Waals surface area contributed by atoms with Gasteiger partial charge < -0.3 is 5.11 Å². The smallest absolute Gasteiger partial charge is 0.193 e. The summed E-state index contributed by atoms with van der Waals surface area (Å²) in [5.41, 5.74) is 2.59. The lowest BCUT2D eigenvalue weighted by molar-refractivity contribution is 0.103. The van der Waals surface area contributed by atoms with Crippen LogP contribution in [0.2, 0.25) is 0 Å². The normalized spacial score (nSPS) is 22.0. The van der Waals surface area contributed by atoms with Crippen LogP contribution in [-0.2, 0) is 0 Å². The van der Waals surface area contributed by atoms with E-state index >= 15 is 0 Å². The lowest BCUT2D eigenvalue weighted by atomic mass is 9.79. The Morgan fingerprint density at radius 1 is 0.952 bits per heavy atom. The van der Waals surface area contributed by atoms with E-state index in [2.05, 4.69) is 0 Å². The van der Waals surface area contributed by atoms with Crippen LogP contribution in [0.1, 0.15) is 53.1 Å². The molecule has 0 bridgehead atoms. The van der Waals surface area contributed by atoms with Crippen molar-refractivity contribution in [1.29, 1.82) is 0 Å². The summed E-state index contributed by atoms with van der Waals surface area (Å²) in [5.74, 6) is 0.365. The van der Waals surface area contributed by atoms with E-state index in [1.165, 1.54) is 0 Å². The largest absolute Gasteiger partial charge is 0.393 e. The lowest BCUT2D eigenvalue weighted by Gasteiger charge is -2.27. The molecule has 1 fully saturated rings. The van der Waals surface area contributed by atoms with Crippen LogP contribution in [0.5, 0.6) is 0 Å². The molecule has 1 N–H and O–H groups in total. The van der Waals surface area contributed by atoms with Crippen molar-refractivity contribution in [3.05, 3.63) is 71.3 Å². The van der Waals surface area contributed by atoms with Crippen molar-refractivity contribution in [3.8, 4) is 0 Å². The van der Waals surface area contributed by atoms with Crippen molar-refractivity contribution < 1.29 is 9.90 Å². The Balaban J connectivity index is 1.94. The van der Waals surface area contributed by atoms with Crippen LogP contribution in [0.15, 0.2) is 54.6 Å². The van der Waals surface area contributed by atoms with Crippen LogP contribution in [0.3, 0.4) is 0 Å². The third-order valence-electron chi connectivity index (χ3n) is 4.33. The second kappa shape index (κ2) is 6.23. The van der Waals surface area contributed by atoms with Gasteiger partial charge in [0.15, 0.2) is 5.78 Å². The molecule has 2 heteroatoms. The highest BCUT2D eigenvalue weighted by Gasteiger charge is 2.25. The fourth-order valence-electron chi connectivity index (χ4n) is 3.25. The summed E-state index contributed by atoms with van der Waals surface area (Å²) in [6, 6.07) is 17.3. The average Bonchev–Trinajstić information content (AvgIpc) is 2.55. The van der Waals surface area contributed by atoms with Crippen molar-refractivity contribution in [2.45, 2.75) is 37.7 Å². The Morgan fingerprint density at radius 3 is 2.43 bits per heavy atom. The van der Waals surface area contributed by atoms with Crippen molar-refractivity contribution in [2.24, 2.45) is 0 Å². The quantitative estimate of drug-likeness (QED) is 0.865. The molecule has 1 aliphatic carbocycles. The van der Waals surface area contributed by atoms with Crippen LogP contribution in [-0.4, -0.2) is 17.0 Å². The summed E-state index contributed by atoms with van der Waals surface area (Å²) in [6.07, 6.45) is 3.49. The van der Waals surface area contributed by atoms with E-state index in [9.17, 15) is 9.90 Å². The van der Waals surface area contributed by atoms with Crippen molar-refractivity contribution in [3.63, 3.8) is 0 Å². The summed E-state index contributed by atoms with van der Waals surface area (Å²) in [5, 5.41) is 9.90. The number of ketones is 1. The zero-order valence-electron chi connectivity index (χ0n) is 12.0. The van der Waals surface area contributed by atoms with E-state index in [1.807, 2.05) is 54.6 Å². The van der Waals surface area contributed by atoms with Gasteiger partial charge in [0.2, 0.25) is 0 Å². The minimum Gasteiger partial charge on any atom is -0.393 e. The number of carbonyl (C=O) groups is 1. The molecule has 2 aromatic carbocycles. The van der Waals surface area contributed by atoms with Gasteiger partial charge in [0.1, 0.15) is 0 Å². The summed E-state index contributed by atoms with van der Waals surface area (Å²) in [4.78, 5) is 12.7. The van der Waals surface area contributed by atoms with Crippen molar-refractivity contribution in [2.75, 3.05) is 0 Å². The maximum Gasteiger partial charge on any atom is 0.193 e. The molecule has 1 saturated carbocycles. The summed E-state index contributed by atoms with van der Waals surface area (Å²) in [7, 11) is 0. The summed E-state index contributed by atoms with van der Waals surface area (Å²) in [6.45, 7) is 0. The first kappa shape index (κ1) is 14.0. The Kier molecular flexibility index (Phi) is 4.16. The van der Waals surface area contributed by atoms with Gasteiger partial charge in [0, 0.05) is 11.1 Å². The Hall–Kier alpha value is -1.93. The van der Waals surface area contributed by atoms with E-state index < -0.39 is 0 Å². The highest BCUT2D eigenvalue weighted by molar-refractivity contribution is 6.10. The molecule has 0 amide bonds. The van der Waals surface area contributed by atoms with Crippen molar-refractivity contribution in [1.82, 2.24) is 0 Å². The molecule has 2 aromatic rings. The van der Waals surface area contributed by atoms with E-state index in [-0.39, 0.29) is 17.8 Å². The van der Waals surface area contributed by atoms with Gasteiger partial charge in [-0.05, 0) is 30.7 Å². The number of aliphatic hydroxyl groups is 1. The maximum atomic E-state index is 12.7. The third kappa shape index (κ3) is 3.06. The van der Waals surface area contributed by atoms with E-state index in [1.54, 1.807) is 0 Å². The third-order valence-corrected chi connectivity index (χ3v) is 4.33. The van der Waals surface area contributed by atoms with Gasteiger partial charge in [-0.3, -0.25) is 4.79 Å². The number of hydrogen-bond donors (Lipinski definition) is 1. The number of benzene rings is 2. The molecule has 0 saturated heterocycles. The van der Waals surface area contributed by atoms with Crippen LogP contribution < -0.4 is 0 Å². The van der Waals surface area contributed by atoms with Crippen LogP contribution in [0.4, 0.5) is 0 Å². The second-order valence-electron chi connectivity index (χ2n) is 5.80. The number of rotatable bonds is 3. The monoisotopic (exact) mass is 280 g/mol. The zero-order valence-corrected chi connectivity index (χ0v) is 12.0. The number of hydrogen-bond acceptors (Lipinski definition) is 2. The van der Waals surface area contributed by atoms with E-state index in [0.29, 0.717) is 0 Å². The first-order chi connectivity index (χ1) is 10.3. The van der Waals surface area contributed by atoms with Gasteiger partial charge in [-0.2, -0.15) is 0 Å². The van der Waals surface area contributed by atoms with Crippen LogP contribution in [0.25, 0.3) is 0 Å². The number of carbonyl (C=O) groups excluding carboxylic acids is 1. The average molecular weight is 280 g/mol. The second-order valence-corrected chi connectivity index (χ2v) is 5.80. The Bertz CT molecular complexity index is 618. The fraction of sp³-hybridized carbons (Fsp3) is 0.316. The maximum absolute atomic E-state index is 12.7. The molecule has 2 nitrogen and oxygen atoms in total. The predicted octanol–water partition coefficient (Wildman–Crippen LogP) is 3.94. The van der Waals surface area contributed by atoms with Gasteiger partial charge in [-0.15, -0.1) is 0 Å². The predicted molar refractivity (Wildman–Crippen MR) is 83.5 cm³/mol. The molecular formula is C19H20O2. The molecule has 108 valence electrons. The highest BCUT2D eigenvalue weighted by Crippen LogP contribution is 2.35. The molecular weight excluding hydrogens is 260 g/mol.